The lowest BCUT2D eigenvalue weighted by molar-refractivity contribution is 0.308. The van der Waals surface area contributed by atoms with Crippen LogP contribution in [-0.4, -0.2) is 26.7 Å². The zero-order chi connectivity index (χ0) is 11.7. The average Bonchev–Trinajstić information content (AvgIpc) is 2.26. The zero-order valence-electron chi connectivity index (χ0n) is 10.4. The quantitative estimate of drug-likeness (QED) is 0.364. The van der Waals surface area contributed by atoms with E-state index < -0.39 is 8.32 Å². The lowest BCUT2D eigenvalue weighted by atomic mass is 10.3. The first-order valence-corrected chi connectivity index (χ1v) is 8.31. The minimum absolute atomic E-state index is 0.0925. The van der Waals surface area contributed by atoms with Crippen molar-refractivity contribution in [2.45, 2.75) is 58.3 Å². The van der Waals surface area contributed by atoms with Gasteiger partial charge in [-0.15, -0.1) is 0 Å². The summed E-state index contributed by atoms with van der Waals surface area (Å²) in [5.41, 5.74) is 0.0925. The summed E-state index contributed by atoms with van der Waals surface area (Å²) in [6.45, 7) is 9.15. The van der Waals surface area contributed by atoms with E-state index in [0.29, 0.717) is 0 Å². The molecule has 0 spiro atoms. The largest absolute Gasteiger partial charge is 0.415 e. The molecule has 15 heavy (non-hydrogen) atoms. The number of nitrogens with zero attached hydrogens (tertiary/aromatic N) is 1. The Labute approximate surface area is 94.1 Å². The van der Waals surface area contributed by atoms with Crippen LogP contribution in [0.4, 0.5) is 0 Å². The van der Waals surface area contributed by atoms with Crippen molar-refractivity contribution < 1.29 is 9.22 Å². The van der Waals surface area contributed by atoms with E-state index in [1.165, 1.54) is 0 Å². The zero-order valence-corrected chi connectivity index (χ0v) is 11.4. The summed E-state index contributed by atoms with van der Waals surface area (Å²) < 4.78 is 5.96. The fourth-order valence-corrected chi connectivity index (χ4v) is 5.81. The van der Waals surface area contributed by atoms with Crippen LogP contribution in [0.5, 0.6) is 0 Å². The molecule has 0 N–H and O–H groups in total. The first kappa shape index (κ1) is 14.6. The van der Waals surface area contributed by atoms with E-state index in [-0.39, 0.29) is 5.67 Å². The van der Waals surface area contributed by atoms with E-state index in [9.17, 15) is 4.79 Å². The van der Waals surface area contributed by atoms with Gasteiger partial charge in [-0.05, 0) is 25.4 Å². The first-order valence-electron chi connectivity index (χ1n) is 5.91. The number of hydrogen-bond acceptors (Lipinski definition) is 3. The summed E-state index contributed by atoms with van der Waals surface area (Å²) in [4.78, 5) is 14.4. The molecular weight excluding hydrogens is 206 g/mol. The van der Waals surface area contributed by atoms with Crippen molar-refractivity contribution in [3.05, 3.63) is 0 Å². The third-order valence-corrected chi connectivity index (χ3v) is 7.90. The fraction of sp³-hybridized carbons (Fsp3) is 0.909. The third-order valence-electron chi connectivity index (χ3n) is 3.01. The highest BCUT2D eigenvalue weighted by Crippen LogP contribution is 2.26. The number of hydrogen-bond donors (Lipinski definition) is 0. The molecule has 0 aliphatic carbocycles. The Kier molecular flexibility index (Phi) is 7.57. The Balaban J connectivity index is 4.86. The van der Waals surface area contributed by atoms with Crippen molar-refractivity contribution in [3.63, 3.8) is 0 Å². The van der Waals surface area contributed by atoms with Crippen LogP contribution in [0.3, 0.4) is 0 Å². The van der Waals surface area contributed by atoms with E-state index in [4.69, 9.17) is 4.43 Å². The van der Waals surface area contributed by atoms with Crippen molar-refractivity contribution in [2.75, 3.05) is 6.61 Å². The number of isocyanates is 1. The second kappa shape index (κ2) is 7.80. The van der Waals surface area contributed by atoms with Gasteiger partial charge in [-0.25, -0.2) is 9.79 Å². The molecule has 0 aliphatic heterocycles. The lowest BCUT2D eigenvalue weighted by Crippen LogP contribution is -2.48. The summed E-state index contributed by atoms with van der Waals surface area (Å²) >= 11 is 0. The van der Waals surface area contributed by atoms with E-state index in [2.05, 4.69) is 25.8 Å². The molecule has 3 nitrogen and oxygen atoms in total. The van der Waals surface area contributed by atoms with Gasteiger partial charge < -0.3 is 4.43 Å². The Hall–Kier alpha value is -0.443. The minimum Gasteiger partial charge on any atom is -0.415 e. The smallest absolute Gasteiger partial charge is 0.235 e. The van der Waals surface area contributed by atoms with Crippen LogP contribution in [0.15, 0.2) is 4.99 Å². The molecule has 88 valence electrons. The van der Waals surface area contributed by atoms with E-state index >= 15 is 0 Å². The van der Waals surface area contributed by atoms with Crippen molar-refractivity contribution in [1.29, 1.82) is 0 Å². The van der Waals surface area contributed by atoms with Gasteiger partial charge >= 0.3 is 0 Å². The Morgan fingerprint density at radius 2 is 1.87 bits per heavy atom. The SMILES string of the molecule is CCCC(N=C=O)[Si](CC)(CC)OCC. The molecule has 0 aliphatic rings. The van der Waals surface area contributed by atoms with Gasteiger partial charge in [0, 0.05) is 6.61 Å². The lowest BCUT2D eigenvalue weighted by Gasteiger charge is -2.33. The molecule has 0 amide bonds. The van der Waals surface area contributed by atoms with Crippen molar-refractivity contribution in [3.8, 4) is 0 Å². The molecule has 0 rings (SSSR count). The first-order chi connectivity index (χ1) is 7.20. The molecule has 1 atom stereocenters. The Morgan fingerprint density at radius 1 is 1.27 bits per heavy atom. The van der Waals surface area contributed by atoms with Gasteiger partial charge in [-0.1, -0.05) is 27.2 Å². The van der Waals surface area contributed by atoms with Crippen LogP contribution in [0.25, 0.3) is 0 Å². The summed E-state index contributed by atoms with van der Waals surface area (Å²) in [6, 6.07) is 2.04. The van der Waals surface area contributed by atoms with E-state index in [0.717, 1.165) is 31.5 Å². The summed E-state index contributed by atoms with van der Waals surface area (Å²) in [5, 5.41) is 0. The number of carbonyl (C=O) groups excluding carboxylic acids is 1. The number of aliphatic imine (C=N–C) groups is 1. The predicted molar refractivity (Wildman–Crippen MR) is 65.2 cm³/mol. The van der Waals surface area contributed by atoms with Crippen LogP contribution >= 0.6 is 0 Å². The van der Waals surface area contributed by atoms with Crippen molar-refractivity contribution in [1.82, 2.24) is 0 Å². The molecule has 0 aromatic heterocycles. The van der Waals surface area contributed by atoms with Gasteiger partial charge in [-0.3, -0.25) is 0 Å². The maximum atomic E-state index is 10.4. The minimum atomic E-state index is -1.84. The molecule has 0 heterocycles. The molecular formula is C11H23NO2Si. The standard InChI is InChI=1S/C11H23NO2Si/c1-5-9-11(12-10-13)15(7-3,8-4)14-6-2/h11H,5-9H2,1-4H3. The molecule has 0 aromatic carbocycles. The third kappa shape index (κ3) is 3.90. The van der Waals surface area contributed by atoms with Crippen LogP contribution in [0, 0.1) is 0 Å². The normalized spacial score (nSPS) is 13.3. The van der Waals surface area contributed by atoms with E-state index in [1.807, 2.05) is 6.92 Å². The second-order valence-electron chi connectivity index (χ2n) is 3.73. The topological polar surface area (TPSA) is 38.7 Å². The summed E-state index contributed by atoms with van der Waals surface area (Å²) in [7, 11) is -1.84. The summed E-state index contributed by atoms with van der Waals surface area (Å²) in [6.07, 6.45) is 3.70. The molecule has 4 heteroatoms. The average molecular weight is 229 g/mol. The van der Waals surface area contributed by atoms with Gasteiger partial charge in [0.05, 0.1) is 5.67 Å². The maximum Gasteiger partial charge on any atom is 0.235 e. The van der Waals surface area contributed by atoms with Gasteiger partial charge in [0.2, 0.25) is 14.4 Å². The van der Waals surface area contributed by atoms with Gasteiger partial charge in [0.1, 0.15) is 0 Å². The van der Waals surface area contributed by atoms with Crippen LogP contribution in [0.2, 0.25) is 12.1 Å². The van der Waals surface area contributed by atoms with Gasteiger partial charge in [0.25, 0.3) is 0 Å². The Bertz CT molecular complexity index is 211. The van der Waals surface area contributed by atoms with Crippen LogP contribution in [-0.2, 0) is 9.22 Å². The highest BCUT2D eigenvalue weighted by molar-refractivity contribution is 6.75. The monoisotopic (exact) mass is 229 g/mol. The van der Waals surface area contributed by atoms with Crippen molar-refractivity contribution in [2.24, 2.45) is 4.99 Å². The molecule has 0 saturated heterocycles. The Morgan fingerprint density at radius 3 is 2.20 bits per heavy atom. The molecule has 1 unspecified atom stereocenters. The van der Waals surface area contributed by atoms with Gasteiger partial charge in [-0.2, -0.15) is 0 Å². The molecule has 0 saturated carbocycles. The molecule has 0 bridgehead atoms. The summed E-state index contributed by atoms with van der Waals surface area (Å²) in [5.74, 6) is 0. The van der Waals surface area contributed by atoms with E-state index in [1.54, 1.807) is 6.08 Å². The number of rotatable bonds is 8. The van der Waals surface area contributed by atoms with Crippen LogP contribution < -0.4 is 0 Å². The molecule has 0 aromatic rings. The predicted octanol–water partition coefficient (Wildman–Crippen LogP) is 3.05. The highest BCUT2D eigenvalue weighted by Gasteiger charge is 2.39. The highest BCUT2D eigenvalue weighted by atomic mass is 28.4. The molecule has 0 fully saturated rings. The van der Waals surface area contributed by atoms with Crippen molar-refractivity contribution >= 4 is 14.4 Å². The molecule has 0 radical (unpaired) electrons. The second-order valence-corrected chi connectivity index (χ2v) is 8.23. The van der Waals surface area contributed by atoms with Crippen LogP contribution in [0.1, 0.15) is 40.5 Å². The maximum absolute atomic E-state index is 10.4. The van der Waals surface area contributed by atoms with Gasteiger partial charge in [0.15, 0.2) is 0 Å². The fourth-order valence-electron chi connectivity index (χ4n) is 2.09.